The van der Waals surface area contributed by atoms with Crippen LogP contribution in [0.1, 0.15) is 52.9 Å². The number of carbonyl (C=O) groups excluding carboxylic acids is 1. The highest BCUT2D eigenvalue weighted by atomic mass is 16.1. The van der Waals surface area contributed by atoms with E-state index in [1.54, 1.807) is 0 Å². The summed E-state index contributed by atoms with van der Waals surface area (Å²) in [5.41, 5.74) is 0. The topological polar surface area (TPSA) is 17.1 Å². The van der Waals surface area contributed by atoms with Crippen LogP contribution in [0.5, 0.6) is 0 Å². The molecule has 0 aliphatic rings. The number of unbranched alkanes of at least 4 members (excludes halogenated alkanes) is 1. The van der Waals surface area contributed by atoms with Crippen LogP contribution in [0.3, 0.4) is 0 Å². The summed E-state index contributed by atoms with van der Waals surface area (Å²) in [7, 11) is 0. The summed E-state index contributed by atoms with van der Waals surface area (Å²) in [6.45, 7) is 6.21. The van der Waals surface area contributed by atoms with Crippen molar-refractivity contribution in [2.45, 2.75) is 52.9 Å². The van der Waals surface area contributed by atoms with Gasteiger partial charge in [0.05, 0.1) is 0 Å². The average molecular weight is 208 g/mol. The number of Topliss-reactive ketones (excluding diaryl/α,β-unsaturated/α-hetero) is 1. The largest absolute Gasteiger partial charge is 0.300 e. The molecule has 0 fully saturated rings. The molecule has 0 atom stereocenters. The summed E-state index contributed by atoms with van der Waals surface area (Å²) in [5, 5.41) is 0. The predicted molar refractivity (Wildman–Crippen MR) is 66.9 cm³/mol. The Kier molecular flexibility index (Phi) is 9.15. The van der Waals surface area contributed by atoms with Crippen LogP contribution in [0.2, 0.25) is 0 Å². The molecule has 0 bridgehead atoms. The minimum atomic E-state index is 0.392. The number of hydrogen-bond acceptors (Lipinski definition) is 1. The Labute approximate surface area is 94.3 Å². The third-order valence-corrected chi connectivity index (χ3v) is 2.13. The molecule has 1 heteroatoms. The van der Waals surface area contributed by atoms with E-state index in [9.17, 15) is 4.79 Å². The van der Waals surface area contributed by atoms with Crippen LogP contribution in [0, 0.1) is 5.92 Å². The molecule has 1 nitrogen and oxygen atoms in total. The highest BCUT2D eigenvalue weighted by Crippen LogP contribution is 2.05. The molecule has 15 heavy (non-hydrogen) atoms. The minimum absolute atomic E-state index is 0.392. The Morgan fingerprint density at radius 1 is 1.07 bits per heavy atom. The summed E-state index contributed by atoms with van der Waals surface area (Å²) in [6.07, 6.45) is 13.1. The summed E-state index contributed by atoms with van der Waals surface area (Å²) >= 11 is 0. The van der Waals surface area contributed by atoms with Gasteiger partial charge in [-0.25, -0.2) is 0 Å². The van der Waals surface area contributed by atoms with Gasteiger partial charge in [-0.15, -0.1) is 0 Å². The van der Waals surface area contributed by atoms with Crippen LogP contribution >= 0.6 is 0 Å². The van der Waals surface area contributed by atoms with Crippen molar-refractivity contribution in [1.82, 2.24) is 0 Å². The molecule has 86 valence electrons. The first kappa shape index (κ1) is 14.2. The monoisotopic (exact) mass is 208 g/mol. The summed E-state index contributed by atoms with van der Waals surface area (Å²) < 4.78 is 0. The van der Waals surface area contributed by atoms with Gasteiger partial charge in [0.1, 0.15) is 5.78 Å². The Hall–Kier alpha value is -0.850. The maximum Gasteiger partial charge on any atom is 0.133 e. The maximum atomic E-state index is 11.3. The molecule has 0 aromatic rings. The number of allylic oxidation sites excluding steroid dienone is 4. The molecular formula is C14H24O. The summed E-state index contributed by atoms with van der Waals surface area (Å²) in [4.78, 5) is 11.3. The van der Waals surface area contributed by atoms with E-state index in [1.165, 1.54) is 0 Å². The lowest BCUT2D eigenvalue weighted by Gasteiger charge is -2.01. The van der Waals surface area contributed by atoms with E-state index in [4.69, 9.17) is 0 Å². The van der Waals surface area contributed by atoms with Gasteiger partial charge in [0, 0.05) is 12.8 Å². The second kappa shape index (κ2) is 9.70. The third kappa shape index (κ3) is 11.1. The van der Waals surface area contributed by atoms with Gasteiger partial charge >= 0.3 is 0 Å². The summed E-state index contributed by atoms with van der Waals surface area (Å²) in [5.74, 6) is 0.888. The molecule has 0 saturated carbocycles. The van der Waals surface area contributed by atoms with Crippen molar-refractivity contribution in [3.05, 3.63) is 24.3 Å². The van der Waals surface area contributed by atoms with E-state index in [0.717, 1.165) is 25.7 Å². The van der Waals surface area contributed by atoms with Crippen molar-refractivity contribution < 1.29 is 4.79 Å². The average Bonchev–Trinajstić information content (AvgIpc) is 2.15. The van der Waals surface area contributed by atoms with Crippen LogP contribution in [0.15, 0.2) is 24.3 Å². The van der Waals surface area contributed by atoms with Gasteiger partial charge in [-0.2, -0.15) is 0 Å². The number of rotatable bonds is 8. The van der Waals surface area contributed by atoms with E-state index < -0.39 is 0 Å². The van der Waals surface area contributed by atoms with Gasteiger partial charge < -0.3 is 0 Å². The Bertz CT molecular complexity index is 211. The quantitative estimate of drug-likeness (QED) is 0.429. The molecule has 0 heterocycles. The molecule has 0 aromatic heterocycles. The number of carbonyl (C=O) groups is 1. The van der Waals surface area contributed by atoms with Crippen LogP contribution in [-0.2, 0) is 4.79 Å². The minimum Gasteiger partial charge on any atom is -0.300 e. The molecular weight excluding hydrogens is 184 g/mol. The Morgan fingerprint density at radius 2 is 1.67 bits per heavy atom. The van der Waals surface area contributed by atoms with E-state index >= 15 is 0 Å². The van der Waals surface area contributed by atoms with Crippen molar-refractivity contribution in [2.24, 2.45) is 5.92 Å². The molecule has 0 saturated heterocycles. The van der Waals surface area contributed by atoms with Gasteiger partial charge in [-0.05, 0) is 32.1 Å². The highest BCUT2D eigenvalue weighted by molar-refractivity contribution is 5.78. The van der Waals surface area contributed by atoms with E-state index in [2.05, 4.69) is 38.2 Å². The third-order valence-electron chi connectivity index (χ3n) is 2.13. The fourth-order valence-electron chi connectivity index (χ4n) is 1.40. The molecule has 0 aliphatic carbocycles. The van der Waals surface area contributed by atoms with Crippen molar-refractivity contribution in [2.75, 3.05) is 0 Å². The molecule has 0 N–H and O–H groups in total. The molecule has 0 unspecified atom stereocenters. The zero-order chi connectivity index (χ0) is 11.5. The van der Waals surface area contributed by atoms with Gasteiger partial charge in [0.15, 0.2) is 0 Å². The number of hydrogen-bond donors (Lipinski definition) is 0. The Balaban J connectivity index is 3.40. The van der Waals surface area contributed by atoms with E-state index in [0.29, 0.717) is 18.1 Å². The second-order valence-electron chi connectivity index (χ2n) is 4.29. The fourth-order valence-corrected chi connectivity index (χ4v) is 1.40. The fraction of sp³-hybridized carbons (Fsp3) is 0.643. The van der Waals surface area contributed by atoms with E-state index in [-0.39, 0.29) is 0 Å². The van der Waals surface area contributed by atoms with Crippen molar-refractivity contribution in [3.63, 3.8) is 0 Å². The molecule has 0 radical (unpaired) electrons. The van der Waals surface area contributed by atoms with Crippen molar-refractivity contribution >= 4 is 5.78 Å². The predicted octanol–water partition coefficient (Wildman–Crippen LogP) is 4.29. The standard InChI is InChI=1S/C14H24O/c1-4-5-6-7-8-9-10-11-14(15)12-13(2)3/h4-5,8-9,13H,6-7,10-12H2,1-3H3. The second-order valence-corrected chi connectivity index (χ2v) is 4.29. The smallest absolute Gasteiger partial charge is 0.133 e. The first-order chi connectivity index (χ1) is 7.16. The molecule has 0 rings (SSSR count). The first-order valence-electron chi connectivity index (χ1n) is 5.94. The summed E-state index contributed by atoms with van der Waals surface area (Å²) in [6, 6.07) is 0. The molecule has 0 aliphatic heterocycles. The maximum absolute atomic E-state index is 11.3. The lowest BCUT2D eigenvalue weighted by atomic mass is 10.0. The van der Waals surface area contributed by atoms with Crippen molar-refractivity contribution in [1.29, 1.82) is 0 Å². The van der Waals surface area contributed by atoms with Gasteiger partial charge in [0.2, 0.25) is 0 Å². The molecule has 0 amide bonds. The number of ketones is 1. The van der Waals surface area contributed by atoms with Crippen molar-refractivity contribution in [3.8, 4) is 0 Å². The van der Waals surface area contributed by atoms with Crippen LogP contribution in [0.25, 0.3) is 0 Å². The van der Waals surface area contributed by atoms with Gasteiger partial charge in [0.25, 0.3) is 0 Å². The van der Waals surface area contributed by atoms with Crippen LogP contribution in [0.4, 0.5) is 0 Å². The normalized spacial score (nSPS) is 12.0. The van der Waals surface area contributed by atoms with Crippen LogP contribution in [-0.4, -0.2) is 5.78 Å². The zero-order valence-corrected chi connectivity index (χ0v) is 10.3. The lowest BCUT2D eigenvalue weighted by molar-refractivity contribution is -0.119. The zero-order valence-electron chi connectivity index (χ0n) is 10.3. The van der Waals surface area contributed by atoms with Gasteiger partial charge in [-0.3, -0.25) is 4.79 Å². The lowest BCUT2D eigenvalue weighted by Crippen LogP contribution is -2.01. The Morgan fingerprint density at radius 3 is 2.27 bits per heavy atom. The highest BCUT2D eigenvalue weighted by Gasteiger charge is 2.02. The molecule has 0 spiro atoms. The SMILES string of the molecule is CC=CCCC=CCCC(=O)CC(C)C. The van der Waals surface area contributed by atoms with Gasteiger partial charge in [-0.1, -0.05) is 38.2 Å². The van der Waals surface area contributed by atoms with E-state index in [1.807, 2.05) is 6.92 Å². The first-order valence-corrected chi connectivity index (χ1v) is 5.94. The molecule has 0 aromatic carbocycles. The van der Waals surface area contributed by atoms with Crippen LogP contribution < -0.4 is 0 Å².